The molecule has 0 aliphatic heterocycles. The van der Waals surface area contributed by atoms with Gasteiger partial charge >= 0.3 is 0 Å². The molecule has 1 N–H and O–H groups in total. The average molecular weight is 300 g/mol. The molecule has 0 spiro atoms. The standard InChI is InChI=1S/C18H24N2S/c1-3-11-19-12-14-8-6-10-16-17(14)20-18(21-16)15-9-5-4-7-13(15)2/h4-5,7,9,14,19H,3,6,8,10-12H2,1-2H3. The van der Waals surface area contributed by atoms with Crippen LogP contribution in [-0.4, -0.2) is 18.1 Å². The van der Waals surface area contributed by atoms with Crippen molar-refractivity contribution in [2.75, 3.05) is 13.1 Å². The summed E-state index contributed by atoms with van der Waals surface area (Å²) in [4.78, 5) is 6.54. The second-order valence-corrected chi connectivity index (χ2v) is 7.02. The summed E-state index contributed by atoms with van der Waals surface area (Å²) in [6.45, 7) is 6.59. The Morgan fingerprint density at radius 1 is 1.33 bits per heavy atom. The monoisotopic (exact) mass is 300 g/mol. The lowest BCUT2D eigenvalue weighted by molar-refractivity contribution is 0.502. The molecule has 0 radical (unpaired) electrons. The molecule has 1 aromatic heterocycles. The minimum absolute atomic E-state index is 0.606. The van der Waals surface area contributed by atoms with Gasteiger partial charge in [-0.1, -0.05) is 31.2 Å². The van der Waals surface area contributed by atoms with E-state index in [1.807, 2.05) is 11.3 Å². The van der Waals surface area contributed by atoms with Crippen molar-refractivity contribution in [3.8, 4) is 10.6 Å². The van der Waals surface area contributed by atoms with Crippen molar-refractivity contribution in [3.63, 3.8) is 0 Å². The Balaban J connectivity index is 1.86. The van der Waals surface area contributed by atoms with Crippen LogP contribution in [0.15, 0.2) is 24.3 Å². The van der Waals surface area contributed by atoms with Gasteiger partial charge in [-0.15, -0.1) is 11.3 Å². The molecular weight excluding hydrogens is 276 g/mol. The number of fused-ring (bicyclic) bond motifs is 1. The zero-order valence-electron chi connectivity index (χ0n) is 13.0. The zero-order chi connectivity index (χ0) is 14.7. The van der Waals surface area contributed by atoms with Gasteiger partial charge in [0.05, 0.1) is 5.69 Å². The summed E-state index contributed by atoms with van der Waals surface area (Å²) in [5.41, 5.74) is 3.99. The van der Waals surface area contributed by atoms with Crippen molar-refractivity contribution in [1.82, 2.24) is 10.3 Å². The largest absolute Gasteiger partial charge is 0.316 e. The summed E-state index contributed by atoms with van der Waals surface area (Å²) in [6, 6.07) is 8.59. The Morgan fingerprint density at radius 3 is 3.00 bits per heavy atom. The maximum atomic E-state index is 5.02. The van der Waals surface area contributed by atoms with Crippen molar-refractivity contribution in [2.24, 2.45) is 0 Å². The summed E-state index contributed by atoms with van der Waals surface area (Å²) in [6.07, 6.45) is 5.00. The first-order valence-corrected chi connectivity index (χ1v) is 8.87. The Hall–Kier alpha value is -1.19. The van der Waals surface area contributed by atoms with Crippen LogP contribution in [0.5, 0.6) is 0 Å². The van der Waals surface area contributed by atoms with Crippen LogP contribution in [0.2, 0.25) is 0 Å². The van der Waals surface area contributed by atoms with E-state index in [4.69, 9.17) is 4.98 Å². The summed E-state index contributed by atoms with van der Waals surface area (Å²) < 4.78 is 0. The molecule has 1 unspecified atom stereocenters. The van der Waals surface area contributed by atoms with Crippen LogP contribution in [0, 0.1) is 6.92 Å². The molecule has 1 heterocycles. The van der Waals surface area contributed by atoms with Crippen molar-refractivity contribution >= 4 is 11.3 Å². The van der Waals surface area contributed by atoms with Gasteiger partial charge in [-0.05, 0) is 44.7 Å². The molecule has 21 heavy (non-hydrogen) atoms. The highest BCUT2D eigenvalue weighted by Gasteiger charge is 2.25. The van der Waals surface area contributed by atoms with Crippen LogP contribution in [0.4, 0.5) is 0 Å². The van der Waals surface area contributed by atoms with Gasteiger partial charge < -0.3 is 5.32 Å². The second kappa shape index (κ2) is 6.71. The first-order chi connectivity index (χ1) is 10.3. The predicted molar refractivity (Wildman–Crippen MR) is 91.1 cm³/mol. The molecule has 0 saturated heterocycles. The second-order valence-electron chi connectivity index (χ2n) is 5.94. The Morgan fingerprint density at radius 2 is 2.19 bits per heavy atom. The maximum Gasteiger partial charge on any atom is 0.124 e. The number of aryl methyl sites for hydroxylation is 2. The Labute approximate surface area is 131 Å². The molecule has 112 valence electrons. The fraction of sp³-hybridized carbons (Fsp3) is 0.500. The average Bonchev–Trinajstić information content (AvgIpc) is 2.92. The van der Waals surface area contributed by atoms with E-state index in [0.29, 0.717) is 5.92 Å². The predicted octanol–water partition coefficient (Wildman–Crippen LogP) is 4.54. The third kappa shape index (κ3) is 3.19. The third-order valence-electron chi connectivity index (χ3n) is 4.26. The smallest absolute Gasteiger partial charge is 0.124 e. The molecule has 1 atom stereocenters. The van der Waals surface area contributed by atoms with Crippen LogP contribution in [0.1, 0.15) is 48.2 Å². The quantitative estimate of drug-likeness (QED) is 0.820. The summed E-state index contributed by atoms with van der Waals surface area (Å²) in [7, 11) is 0. The van der Waals surface area contributed by atoms with Crippen molar-refractivity contribution < 1.29 is 0 Å². The van der Waals surface area contributed by atoms with Gasteiger partial charge in [-0.3, -0.25) is 0 Å². The highest BCUT2D eigenvalue weighted by molar-refractivity contribution is 7.15. The lowest BCUT2D eigenvalue weighted by Crippen LogP contribution is -2.24. The fourth-order valence-corrected chi connectivity index (χ4v) is 4.37. The molecule has 1 aromatic carbocycles. The first-order valence-electron chi connectivity index (χ1n) is 8.06. The number of hydrogen-bond donors (Lipinski definition) is 1. The van der Waals surface area contributed by atoms with Gasteiger partial charge in [-0.25, -0.2) is 4.98 Å². The molecule has 0 fully saturated rings. The molecule has 3 rings (SSSR count). The molecule has 2 nitrogen and oxygen atoms in total. The highest BCUT2D eigenvalue weighted by atomic mass is 32.1. The third-order valence-corrected chi connectivity index (χ3v) is 5.43. The lowest BCUT2D eigenvalue weighted by atomic mass is 9.91. The van der Waals surface area contributed by atoms with Gasteiger partial charge in [-0.2, -0.15) is 0 Å². The highest BCUT2D eigenvalue weighted by Crippen LogP contribution is 2.38. The van der Waals surface area contributed by atoms with Crippen LogP contribution >= 0.6 is 11.3 Å². The maximum absolute atomic E-state index is 5.02. The molecule has 0 bridgehead atoms. The molecule has 0 amide bonds. The van der Waals surface area contributed by atoms with Crippen LogP contribution < -0.4 is 5.32 Å². The number of rotatable bonds is 5. The number of thiazole rings is 1. The van der Waals surface area contributed by atoms with Crippen LogP contribution in [0.25, 0.3) is 10.6 Å². The molecule has 1 aliphatic rings. The fourth-order valence-electron chi connectivity index (χ4n) is 3.09. The first kappa shape index (κ1) is 14.7. The van der Waals surface area contributed by atoms with Gasteiger partial charge in [0.15, 0.2) is 0 Å². The molecule has 3 heteroatoms. The molecule has 0 saturated carbocycles. The Kier molecular flexibility index (Phi) is 4.71. The van der Waals surface area contributed by atoms with E-state index in [-0.39, 0.29) is 0 Å². The molecule has 2 aromatic rings. The SMILES string of the molecule is CCCNCC1CCCc2sc(-c3ccccc3C)nc21. The van der Waals surface area contributed by atoms with E-state index >= 15 is 0 Å². The van der Waals surface area contributed by atoms with Crippen LogP contribution in [0.3, 0.4) is 0 Å². The van der Waals surface area contributed by atoms with Gasteiger partial charge in [0.25, 0.3) is 0 Å². The minimum atomic E-state index is 0.606. The van der Waals surface area contributed by atoms with E-state index in [1.165, 1.54) is 52.4 Å². The zero-order valence-corrected chi connectivity index (χ0v) is 13.8. The molecule has 1 aliphatic carbocycles. The topological polar surface area (TPSA) is 24.9 Å². The summed E-state index contributed by atoms with van der Waals surface area (Å²) >= 11 is 1.91. The number of nitrogens with one attached hydrogen (secondary N) is 1. The van der Waals surface area contributed by atoms with Crippen molar-refractivity contribution in [2.45, 2.75) is 45.4 Å². The van der Waals surface area contributed by atoms with Gasteiger partial charge in [0.2, 0.25) is 0 Å². The molecular formula is C18H24N2S. The van der Waals surface area contributed by atoms with Gasteiger partial charge in [0, 0.05) is 22.9 Å². The normalized spacial score (nSPS) is 17.7. The Bertz CT molecular complexity index is 603. The van der Waals surface area contributed by atoms with Crippen molar-refractivity contribution in [1.29, 1.82) is 0 Å². The van der Waals surface area contributed by atoms with E-state index < -0.39 is 0 Å². The van der Waals surface area contributed by atoms with E-state index in [1.54, 1.807) is 0 Å². The van der Waals surface area contributed by atoms with Crippen LogP contribution in [-0.2, 0) is 6.42 Å². The van der Waals surface area contributed by atoms with E-state index in [9.17, 15) is 0 Å². The van der Waals surface area contributed by atoms with E-state index in [2.05, 4.69) is 43.4 Å². The number of hydrogen-bond acceptors (Lipinski definition) is 3. The number of aromatic nitrogens is 1. The summed E-state index contributed by atoms with van der Waals surface area (Å²) in [5.74, 6) is 0.606. The van der Waals surface area contributed by atoms with Gasteiger partial charge in [0.1, 0.15) is 5.01 Å². The lowest BCUT2D eigenvalue weighted by Gasteiger charge is -2.21. The summed E-state index contributed by atoms with van der Waals surface area (Å²) in [5, 5.41) is 4.78. The van der Waals surface area contributed by atoms with E-state index in [0.717, 1.165) is 13.1 Å². The number of nitrogens with zero attached hydrogens (tertiary/aromatic N) is 1. The minimum Gasteiger partial charge on any atom is -0.316 e. The van der Waals surface area contributed by atoms with Crippen molar-refractivity contribution in [3.05, 3.63) is 40.4 Å². The number of benzene rings is 1.